The van der Waals surface area contributed by atoms with Crippen molar-refractivity contribution in [3.05, 3.63) is 64.2 Å². The topological polar surface area (TPSA) is 49.4 Å². The van der Waals surface area contributed by atoms with Crippen LogP contribution < -0.4 is 5.32 Å². The normalized spacial score (nSPS) is 10.3. The zero-order valence-corrected chi connectivity index (χ0v) is 13.1. The van der Waals surface area contributed by atoms with Gasteiger partial charge in [-0.2, -0.15) is 0 Å². The fraction of sp³-hybridized carbons (Fsp3) is 0.125. The average molecular weight is 339 g/mol. The molecule has 0 saturated carbocycles. The highest BCUT2D eigenvalue weighted by Crippen LogP contribution is 2.21. The van der Waals surface area contributed by atoms with E-state index in [1.165, 1.54) is 11.0 Å². The molecule has 4 nitrogen and oxygen atoms in total. The van der Waals surface area contributed by atoms with Crippen molar-refractivity contribution in [2.24, 2.45) is 0 Å². The largest absolute Gasteiger partial charge is 0.345 e. The molecular weight excluding hydrogens is 326 g/mol. The third kappa shape index (κ3) is 3.84. The molecule has 0 aliphatic carbocycles. The number of rotatable bonds is 3. The SMILES string of the molecule is CN(C)C(=O)c1cccc(NC(=O)c2cc(F)c(F)cc2Cl)c1. The fourth-order valence-corrected chi connectivity index (χ4v) is 2.12. The van der Waals surface area contributed by atoms with E-state index in [1.54, 1.807) is 32.3 Å². The molecule has 2 rings (SSSR count). The summed E-state index contributed by atoms with van der Waals surface area (Å²) in [6, 6.07) is 7.70. The Morgan fingerprint density at radius 2 is 1.74 bits per heavy atom. The van der Waals surface area contributed by atoms with Gasteiger partial charge in [0.05, 0.1) is 10.6 Å². The molecule has 23 heavy (non-hydrogen) atoms. The number of hydrogen-bond donors (Lipinski definition) is 1. The van der Waals surface area contributed by atoms with E-state index in [4.69, 9.17) is 11.6 Å². The van der Waals surface area contributed by atoms with Gasteiger partial charge in [-0.15, -0.1) is 0 Å². The summed E-state index contributed by atoms with van der Waals surface area (Å²) in [4.78, 5) is 25.4. The summed E-state index contributed by atoms with van der Waals surface area (Å²) in [6.07, 6.45) is 0. The van der Waals surface area contributed by atoms with E-state index in [0.29, 0.717) is 11.3 Å². The van der Waals surface area contributed by atoms with Gasteiger partial charge in [0, 0.05) is 25.3 Å². The van der Waals surface area contributed by atoms with Gasteiger partial charge in [-0.3, -0.25) is 9.59 Å². The second-order valence-corrected chi connectivity index (χ2v) is 5.39. The quantitative estimate of drug-likeness (QED) is 0.870. The van der Waals surface area contributed by atoms with Crippen LogP contribution in [-0.2, 0) is 0 Å². The van der Waals surface area contributed by atoms with E-state index in [0.717, 1.165) is 12.1 Å². The van der Waals surface area contributed by atoms with E-state index >= 15 is 0 Å². The molecule has 2 amide bonds. The van der Waals surface area contributed by atoms with E-state index < -0.39 is 17.5 Å². The molecule has 0 bridgehead atoms. The molecule has 0 heterocycles. The molecule has 0 fully saturated rings. The number of carbonyl (C=O) groups is 2. The van der Waals surface area contributed by atoms with Gasteiger partial charge < -0.3 is 10.2 Å². The van der Waals surface area contributed by atoms with Gasteiger partial charge in [0.2, 0.25) is 0 Å². The van der Waals surface area contributed by atoms with Crippen LogP contribution in [0.3, 0.4) is 0 Å². The number of nitrogens with one attached hydrogen (secondary N) is 1. The first-order valence-corrected chi connectivity index (χ1v) is 6.95. The highest BCUT2D eigenvalue weighted by Gasteiger charge is 2.16. The minimum atomic E-state index is -1.17. The third-order valence-corrected chi connectivity index (χ3v) is 3.34. The first kappa shape index (κ1) is 16.9. The molecule has 0 aliphatic rings. The van der Waals surface area contributed by atoms with Crippen LogP contribution in [0.5, 0.6) is 0 Å². The number of anilines is 1. The Kier molecular flexibility index (Phi) is 4.95. The Labute approximate surface area is 136 Å². The molecule has 0 spiro atoms. The summed E-state index contributed by atoms with van der Waals surface area (Å²) in [5.41, 5.74) is 0.516. The van der Waals surface area contributed by atoms with Crippen LogP contribution in [0.1, 0.15) is 20.7 Å². The number of hydrogen-bond acceptors (Lipinski definition) is 2. The molecule has 2 aromatic rings. The van der Waals surface area contributed by atoms with Crippen molar-refractivity contribution in [1.29, 1.82) is 0 Å². The van der Waals surface area contributed by atoms with Crippen molar-refractivity contribution in [2.75, 3.05) is 19.4 Å². The maximum atomic E-state index is 13.3. The van der Waals surface area contributed by atoms with E-state index in [9.17, 15) is 18.4 Å². The van der Waals surface area contributed by atoms with E-state index in [2.05, 4.69) is 5.32 Å². The summed E-state index contributed by atoms with van der Waals surface area (Å²) in [5, 5.41) is 2.29. The Balaban J connectivity index is 2.26. The molecule has 0 radical (unpaired) electrons. The van der Waals surface area contributed by atoms with Crippen LogP contribution in [0.4, 0.5) is 14.5 Å². The molecule has 0 saturated heterocycles. The maximum absolute atomic E-state index is 13.3. The van der Waals surface area contributed by atoms with Gasteiger partial charge in [-0.25, -0.2) is 8.78 Å². The summed E-state index contributed by atoms with van der Waals surface area (Å²) >= 11 is 5.76. The van der Waals surface area contributed by atoms with Crippen molar-refractivity contribution in [2.45, 2.75) is 0 Å². The highest BCUT2D eigenvalue weighted by atomic mass is 35.5. The van der Waals surface area contributed by atoms with Gasteiger partial charge in [0.25, 0.3) is 11.8 Å². The first-order valence-electron chi connectivity index (χ1n) is 6.57. The van der Waals surface area contributed by atoms with E-state index in [1.807, 2.05) is 0 Å². The van der Waals surface area contributed by atoms with Crippen LogP contribution >= 0.6 is 11.6 Å². The molecule has 0 unspecified atom stereocenters. The number of nitrogens with zero attached hydrogens (tertiary/aromatic N) is 1. The summed E-state index contributed by atoms with van der Waals surface area (Å²) in [6.45, 7) is 0. The second-order valence-electron chi connectivity index (χ2n) is 4.98. The summed E-state index contributed by atoms with van der Waals surface area (Å²) in [5.74, 6) is -3.24. The zero-order valence-electron chi connectivity index (χ0n) is 12.4. The summed E-state index contributed by atoms with van der Waals surface area (Å²) < 4.78 is 26.3. The van der Waals surface area contributed by atoms with Crippen LogP contribution in [0, 0.1) is 11.6 Å². The lowest BCUT2D eigenvalue weighted by Gasteiger charge is -2.12. The zero-order chi connectivity index (χ0) is 17.1. The van der Waals surface area contributed by atoms with Crippen LogP contribution in [0.2, 0.25) is 5.02 Å². The van der Waals surface area contributed by atoms with Crippen LogP contribution in [0.15, 0.2) is 36.4 Å². The maximum Gasteiger partial charge on any atom is 0.257 e. The van der Waals surface area contributed by atoms with Gasteiger partial charge in [-0.1, -0.05) is 17.7 Å². The Hall–Kier alpha value is -2.47. The molecule has 2 aromatic carbocycles. The molecule has 1 N–H and O–H groups in total. The van der Waals surface area contributed by atoms with E-state index in [-0.39, 0.29) is 16.5 Å². The van der Waals surface area contributed by atoms with Gasteiger partial charge in [0.15, 0.2) is 11.6 Å². The highest BCUT2D eigenvalue weighted by molar-refractivity contribution is 6.34. The van der Waals surface area contributed by atoms with Gasteiger partial charge in [-0.05, 0) is 30.3 Å². The molecule has 0 atom stereocenters. The Bertz CT molecular complexity index is 779. The number of halogens is 3. The lowest BCUT2D eigenvalue weighted by molar-refractivity contribution is 0.0827. The number of carbonyl (C=O) groups excluding carboxylic acids is 2. The monoisotopic (exact) mass is 338 g/mol. The molecule has 120 valence electrons. The molecule has 0 aliphatic heterocycles. The van der Waals surface area contributed by atoms with Gasteiger partial charge >= 0.3 is 0 Å². The predicted molar refractivity (Wildman–Crippen MR) is 83.8 cm³/mol. The lowest BCUT2D eigenvalue weighted by atomic mass is 10.1. The van der Waals surface area contributed by atoms with Crippen LogP contribution in [0.25, 0.3) is 0 Å². The standard InChI is InChI=1S/C16H13ClF2N2O2/c1-21(2)16(23)9-4-3-5-10(6-9)20-15(22)11-7-13(18)14(19)8-12(11)17/h3-8H,1-2H3,(H,20,22). The first-order chi connectivity index (χ1) is 10.8. The fourth-order valence-electron chi connectivity index (χ4n) is 1.88. The molecule has 0 aromatic heterocycles. The second kappa shape index (κ2) is 6.75. The predicted octanol–water partition coefficient (Wildman–Crippen LogP) is 3.57. The van der Waals surface area contributed by atoms with Crippen LogP contribution in [-0.4, -0.2) is 30.8 Å². The van der Waals surface area contributed by atoms with Crippen molar-refractivity contribution in [1.82, 2.24) is 4.90 Å². The van der Waals surface area contributed by atoms with Crippen molar-refractivity contribution >= 4 is 29.1 Å². The summed E-state index contributed by atoms with van der Waals surface area (Å²) in [7, 11) is 3.21. The minimum Gasteiger partial charge on any atom is -0.345 e. The van der Waals surface area contributed by atoms with Crippen molar-refractivity contribution < 1.29 is 18.4 Å². The van der Waals surface area contributed by atoms with Crippen molar-refractivity contribution in [3.8, 4) is 0 Å². The molecular formula is C16H13ClF2N2O2. The molecule has 7 heteroatoms. The lowest BCUT2D eigenvalue weighted by Crippen LogP contribution is -2.22. The number of amides is 2. The smallest absolute Gasteiger partial charge is 0.257 e. The van der Waals surface area contributed by atoms with Gasteiger partial charge in [0.1, 0.15) is 0 Å². The Morgan fingerprint density at radius 1 is 1.09 bits per heavy atom. The average Bonchev–Trinajstić information content (AvgIpc) is 2.50. The Morgan fingerprint density at radius 3 is 2.39 bits per heavy atom. The van der Waals surface area contributed by atoms with Crippen molar-refractivity contribution in [3.63, 3.8) is 0 Å². The number of benzene rings is 2. The third-order valence-electron chi connectivity index (χ3n) is 3.03. The minimum absolute atomic E-state index is 0.199.